The van der Waals surface area contributed by atoms with Crippen molar-refractivity contribution in [2.45, 2.75) is 78.3 Å². The first-order valence-electron chi connectivity index (χ1n) is 11.8. The summed E-state index contributed by atoms with van der Waals surface area (Å²) < 4.78 is 50.6. The molecule has 0 aliphatic carbocycles. The van der Waals surface area contributed by atoms with Gasteiger partial charge in [0.15, 0.2) is 0 Å². The van der Waals surface area contributed by atoms with Gasteiger partial charge in [0, 0.05) is 39.1 Å². The monoisotopic (exact) mass is 498 g/mol. The molecule has 1 heterocycles. The van der Waals surface area contributed by atoms with Gasteiger partial charge in [-0.05, 0) is 71.2 Å². The fourth-order valence-electron chi connectivity index (χ4n) is 3.53. The van der Waals surface area contributed by atoms with Crippen molar-refractivity contribution in [2.24, 2.45) is 0 Å². The van der Waals surface area contributed by atoms with Crippen molar-refractivity contribution in [3.63, 3.8) is 0 Å². The summed E-state index contributed by atoms with van der Waals surface area (Å²) >= 11 is 0. The molecule has 9 heteroatoms. The summed E-state index contributed by atoms with van der Waals surface area (Å²) in [4.78, 5) is 27.9. The van der Waals surface area contributed by atoms with Crippen molar-refractivity contribution in [2.75, 3.05) is 26.2 Å². The van der Waals surface area contributed by atoms with Crippen LogP contribution in [-0.4, -0.2) is 59.2 Å². The minimum atomic E-state index is -4.45. The maximum absolute atomic E-state index is 13.3. The molecule has 1 amide bonds. The second kappa shape index (κ2) is 11.5. The van der Waals surface area contributed by atoms with Crippen molar-refractivity contribution >= 4 is 18.1 Å². The van der Waals surface area contributed by atoms with E-state index in [-0.39, 0.29) is 18.5 Å². The van der Waals surface area contributed by atoms with E-state index in [2.05, 4.69) is 4.90 Å². The van der Waals surface area contributed by atoms with E-state index in [1.54, 1.807) is 37.8 Å². The molecule has 0 N–H and O–H groups in total. The van der Waals surface area contributed by atoms with Crippen molar-refractivity contribution in [1.82, 2.24) is 9.80 Å². The molecule has 6 nitrogen and oxygen atoms in total. The highest BCUT2D eigenvalue weighted by atomic mass is 19.4. The van der Waals surface area contributed by atoms with Crippen LogP contribution in [0.3, 0.4) is 0 Å². The van der Waals surface area contributed by atoms with E-state index in [1.165, 1.54) is 6.07 Å². The van der Waals surface area contributed by atoms with Crippen LogP contribution in [0.2, 0.25) is 0 Å². The van der Waals surface area contributed by atoms with Gasteiger partial charge in [0.1, 0.15) is 11.2 Å². The van der Waals surface area contributed by atoms with Crippen molar-refractivity contribution < 1.29 is 32.2 Å². The lowest BCUT2D eigenvalue weighted by Gasteiger charge is -2.35. The SMILES string of the molecule is CC(C)(C)OC(=O)CC/C=C/c1cc(C(F)(F)F)ccc1CN1CCN(C(=O)OC(C)(C)C)CC1. The van der Waals surface area contributed by atoms with E-state index < -0.39 is 22.9 Å². The number of carbonyl (C=O) groups is 2. The normalized spacial score (nSPS) is 16.0. The molecule has 35 heavy (non-hydrogen) atoms. The molecule has 0 atom stereocenters. The van der Waals surface area contributed by atoms with Gasteiger partial charge < -0.3 is 14.4 Å². The Labute approximate surface area is 206 Å². The number of alkyl halides is 3. The van der Waals surface area contributed by atoms with Crippen molar-refractivity contribution in [3.8, 4) is 0 Å². The van der Waals surface area contributed by atoms with Gasteiger partial charge in [-0.15, -0.1) is 0 Å². The zero-order chi connectivity index (χ0) is 26.4. The number of benzene rings is 1. The summed E-state index contributed by atoms with van der Waals surface area (Å²) in [7, 11) is 0. The first-order valence-corrected chi connectivity index (χ1v) is 11.8. The summed E-state index contributed by atoms with van der Waals surface area (Å²) in [6.45, 7) is 13.4. The molecule has 1 aliphatic heterocycles. The Morgan fingerprint density at radius 2 is 1.54 bits per heavy atom. The predicted octanol–water partition coefficient (Wildman–Crippen LogP) is 5.89. The number of piperazine rings is 1. The standard InChI is InChI=1S/C26H37F3N2O4/c1-24(2,3)34-22(32)10-8-7-9-19-17-21(26(27,28)29)12-11-20(19)18-30-13-15-31(16-14-30)23(33)35-25(4,5)6/h7,9,11-12,17H,8,10,13-16,18H2,1-6H3/b9-7+. The fraction of sp³-hybridized carbons (Fsp3) is 0.615. The van der Waals surface area contributed by atoms with Gasteiger partial charge in [-0.3, -0.25) is 9.69 Å². The fourth-order valence-corrected chi connectivity index (χ4v) is 3.53. The molecule has 196 valence electrons. The number of carbonyl (C=O) groups excluding carboxylic acids is 2. The van der Waals surface area contributed by atoms with Crippen LogP contribution in [-0.2, 0) is 27.0 Å². The average molecular weight is 499 g/mol. The predicted molar refractivity (Wildman–Crippen MR) is 129 cm³/mol. The van der Waals surface area contributed by atoms with E-state index >= 15 is 0 Å². The quantitative estimate of drug-likeness (QED) is 0.458. The van der Waals surface area contributed by atoms with Crippen LogP contribution in [0.4, 0.5) is 18.0 Å². The number of allylic oxidation sites excluding steroid dienone is 1. The summed E-state index contributed by atoms with van der Waals surface area (Å²) in [6, 6.07) is 3.72. The number of ether oxygens (including phenoxy) is 2. The summed E-state index contributed by atoms with van der Waals surface area (Å²) in [5.41, 5.74) is -0.666. The van der Waals surface area contributed by atoms with Gasteiger partial charge in [0.2, 0.25) is 0 Å². The number of halogens is 3. The highest BCUT2D eigenvalue weighted by Gasteiger charge is 2.31. The van der Waals surface area contributed by atoms with Crippen molar-refractivity contribution in [3.05, 3.63) is 41.0 Å². The van der Waals surface area contributed by atoms with E-state index in [4.69, 9.17) is 9.47 Å². The third-order valence-corrected chi connectivity index (χ3v) is 5.12. The van der Waals surface area contributed by atoms with Crippen LogP contribution in [0.25, 0.3) is 6.08 Å². The van der Waals surface area contributed by atoms with Crippen LogP contribution >= 0.6 is 0 Å². The molecule has 1 aromatic carbocycles. The topological polar surface area (TPSA) is 59.1 Å². The highest BCUT2D eigenvalue weighted by Crippen LogP contribution is 2.31. The zero-order valence-electron chi connectivity index (χ0n) is 21.5. The Hall–Kier alpha value is -2.55. The molecule has 1 aromatic rings. The summed E-state index contributed by atoms with van der Waals surface area (Å²) in [6.07, 6.45) is -0.972. The van der Waals surface area contributed by atoms with Gasteiger partial charge in [-0.1, -0.05) is 18.2 Å². The van der Waals surface area contributed by atoms with Crippen LogP contribution in [0, 0.1) is 0 Å². The lowest BCUT2D eigenvalue weighted by Crippen LogP contribution is -2.49. The Morgan fingerprint density at radius 3 is 2.09 bits per heavy atom. The number of esters is 1. The number of nitrogens with zero attached hydrogens (tertiary/aromatic N) is 2. The lowest BCUT2D eigenvalue weighted by atomic mass is 10.0. The molecule has 0 saturated carbocycles. The Bertz CT molecular complexity index is 907. The van der Waals surface area contributed by atoms with Gasteiger partial charge in [-0.25, -0.2) is 4.79 Å². The number of rotatable bonds is 6. The molecular formula is C26H37F3N2O4. The maximum Gasteiger partial charge on any atom is 0.416 e. The molecule has 0 aromatic heterocycles. The van der Waals surface area contributed by atoms with Gasteiger partial charge >= 0.3 is 18.2 Å². The van der Waals surface area contributed by atoms with Gasteiger partial charge in [-0.2, -0.15) is 13.2 Å². The molecule has 0 bridgehead atoms. The van der Waals surface area contributed by atoms with Crippen LogP contribution in [0.15, 0.2) is 24.3 Å². The minimum Gasteiger partial charge on any atom is -0.460 e. The molecule has 1 fully saturated rings. The van der Waals surface area contributed by atoms with Crippen molar-refractivity contribution in [1.29, 1.82) is 0 Å². The average Bonchev–Trinajstić information content (AvgIpc) is 2.69. The molecular weight excluding hydrogens is 461 g/mol. The zero-order valence-corrected chi connectivity index (χ0v) is 21.5. The molecule has 0 radical (unpaired) electrons. The van der Waals surface area contributed by atoms with E-state index in [0.717, 1.165) is 17.7 Å². The summed E-state index contributed by atoms with van der Waals surface area (Å²) in [5, 5.41) is 0. The first-order chi connectivity index (χ1) is 16.0. The smallest absolute Gasteiger partial charge is 0.416 e. The Balaban J connectivity index is 2.05. The van der Waals surface area contributed by atoms with E-state index in [0.29, 0.717) is 44.7 Å². The molecule has 1 saturated heterocycles. The second-order valence-corrected chi connectivity index (χ2v) is 10.7. The highest BCUT2D eigenvalue weighted by molar-refractivity contribution is 5.70. The third kappa shape index (κ3) is 10.3. The number of amides is 1. The molecule has 0 spiro atoms. The maximum atomic E-state index is 13.3. The lowest BCUT2D eigenvalue weighted by molar-refractivity contribution is -0.154. The first kappa shape index (κ1) is 28.7. The number of hydrogen-bond acceptors (Lipinski definition) is 5. The molecule has 1 aliphatic rings. The Morgan fingerprint density at radius 1 is 0.943 bits per heavy atom. The van der Waals surface area contributed by atoms with E-state index in [9.17, 15) is 22.8 Å². The summed E-state index contributed by atoms with van der Waals surface area (Å²) in [5.74, 6) is -0.353. The largest absolute Gasteiger partial charge is 0.460 e. The second-order valence-electron chi connectivity index (χ2n) is 10.7. The minimum absolute atomic E-state index is 0.148. The van der Waals surface area contributed by atoms with Gasteiger partial charge in [0.25, 0.3) is 0 Å². The van der Waals surface area contributed by atoms with E-state index in [1.807, 2.05) is 20.8 Å². The van der Waals surface area contributed by atoms with Crippen LogP contribution < -0.4 is 0 Å². The van der Waals surface area contributed by atoms with Crippen LogP contribution in [0.5, 0.6) is 0 Å². The van der Waals surface area contributed by atoms with Gasteiger partial charge in [0.05, 0.1) is 5.56 Å². The Kier molecular flexibility index (Phi) is 9.39. The molecule has 2 rings (SSSR count). The molecule has 0 unspecified atom stereocenters. The van der Waals surface area contributed by atoms with Crippen LogP contribution in [0.1, 0.15) is 71.1 Å². The third-order valence-electron chi connectivity index (χ3n) is 5.12. The number of hydrogen-bond donors (Lipinski definition) is 0.